The molecule has 39 heavy (non-hydrogen) atoms. The third kappa shape index (κ3) is 9.40. The van der Waals surface area contributed by atoms with Gasteiger partial charge in [0.05, 0.1) is 0 Å². The van der Waals surface area contributed by atoms with Gasteiger partial charge in [0.25, 0.3) is 7.71 Å². The maximum absolute atomic E-state index is 7.03. The van der Waals surface area contributed by atoms with Crippen LogP contribution in [0.2, 0.25) is 0 Å². The minimum absolute atomic E-state index is 0.305. The summed E-state index contributed by atoms with van der Waals surface area (Å²) in [6, 6.07) is 2.62. The second kappa shape index (κ2) is 15.5. The highest BCUT2D eigenvalue weighted by Gasteiger charge is 2.54. The van der Waals surface area contributed by atoms with Gasteiger partial charge in [-0.25, -0.2) is 0 Å². The molecule has 0 saturated carbocycles. The highest BCUT2D eigenvalue weighted by Crippen LogP contribution is 2.69. The molecule has 0 spiro atoms. The van der Waals surface area contributed by atoms with Crippen molar-refractivity contribution in [1.29, 1.82) is 0 Å². The summed E-state index contributed by atoms with van der Waals surface area (Å²) in [5.41, 5.74) is 0. The van der Waals surface area contributed by atoms with E-state index in [1.165, 1.54) is 5.16 Å². The maximum Gasteiger partial charge on any atom is 0.298 e. The van der Waals surface area contributed by atoms with Crippen LogP contribution in [0.15, 0.2) is 10.00 Å². The van der Waals surface area contributed by atoms with E-state index in [4.69, 9.17) is 21.8 Å². The third-order valence-electron chi connectivity index (χ3n) is 6.90. The van der Waals surface area contributed by atoms with Gasteiger partial charge in [0.2, 0.25) is 0 Å². The summed E-state index contributed by atoms with van der Waals surface area (Å²) in [7, 11) is -2.21. The van der Waals surface area contributed by atoms with E-state index in [0.29, 0.717) is 48.3 Å². The Balaban J connectivity index is 7.97. The molecule has 0 fully saturated rings. The summed E-state index contributed by atoms with van der Waals surface area (Å²) < 4.78 is 10.5. The first kappa shape index (κ1) is 39.8. The van der Waals surface area contributed by atoms with Crippen molar-refractivity contribution in [1.82, 2.24) is 18.7 Å². The summed E-state index contributed by atoms with van der Waals surface area (Å²) >= 11 is 7.03. The molecule has 0 aliphatic rings. The van der Waals surface area contributed by atoms with Gasteiger partial charge in [-0.05, 0) is 131 Å². The van der Waals surface area contributed by atoms with Gasteiger partial charge < -0.3 is 0 Å². The zero-order valence-corrected chi connectivity index (χ0v) is 33.1. The van der Waals surface area contributed by atoms with E-state index in [2.05, 4.69) is 156 Å². The molecule has 0 aliphatic heterocycles. The Kier molecular flexibility index (Phi) is 15.8. The molecular formula is C29H68N6P3S+. The van der Waals surface area contributed by atoms with E-state index in [-0.39, 0.29) is 0 Å². The fourth-order valence-electron chi connectivity index (χ4n) is 6.63. The lowest BCUT2D eigenvalue weighted by Crippen LogP contribution is -2.47. The summed E-state index contributed by atoms with van der Waals surface area (Å²) in [5.74, 6) is 0. The highest BCUT2D eigenvalue weighted by molar-refractivity contribution is 8.24. The standard InChI is InChI=1S/C29H68N6P3S/c1-21(2)32(22(3)4)37(20,33(23(5)6)24(7)8)31-30-29(36(17,18)19)38(39,34(25(9)10)26(11)12)35(27(13)14)28(15)16/h21-28H,1-20H3/q+1/b31-30+. The molecule has 234 valence electrons. The molecule has 0 aromatic carbocycles. The van der Waals surface area contributed by atoms with Crippen LogP contribution in [0.4, 0.5) is 0 Å². The van der Waals surface area contributed by atoms with Gasteiger partial charge in [0.15, 0.2) is 0 Å². The lowest BCUT2D eigenvalue weighted by atomic mass is 10.3. The van der Waals surface area contributed by atoms with Crippen molar-refractivity contribution in [2.75, 3.05) is 26.7 Å². The van der Waals surface area contributed by atoms with Crippen molar-refractivity contribution in [3.8, 4) is 0 Å². The molecule has 0 bridgehead atoms. The molecule has 0 N–H and O–H groups in total. The van der Waals surface area contributed by atoms with Crippen LogP contribution in [0.3, 0.4) is 0 Å². The first-order valence-corrected chi connectivity index (χ1v) is 23.1. The van der Waals surface area contributed by atoms with Gasteiger partial charge in [0.1, 0.15) is 18.2 Å². The van der Waals surface area contributed by atoms with Gasteiger partial charge in [-0.2, -0.15) is 0 Å². The van der Waals surface area contributed by atoms with Gasteiger partial charge >= 0.3 is 0 Å². The summed E-state index contributed by atoms with van der Waals surface area (Å²) in [6.07, 6.45) is -2.45. The average Bonchev–Trinajstić information content (AvgIpc) is 2.63. The quantitative estimate of drug-likeness (QED) is 0.134. The molecule has 0 aromatic rings. The molecule has 0 saturated heterocycles. The number of rotatable bonds is 15. The second-order valence-electron chi connectivity index (χ2n) is 14.2. The van der Waals surface area contributed by atoms with Crippen molar-refractivity contribution in [3.05, 3.63) is 0 Å². The molecule has 10 heteroatoms. The minimum Gasteiger partial charge on any atom is -0.254 e. The van der Waals surface area contributed by atoms with Crippen LogP contribution in [0.5, 0.6) is 0 Å². The normalized spacial score (nSPS) is 14.9. The van der Waals surface area contributed by atoms with E-state index in [0.717, 1.165) is 0 Å². The topological polar surface area (TPSA) is 37.7 Å². The Bertz CT molecular complexity index is 805. The molecular weight excluding hydrogens is 557 g/mol. The monoisotopic (exact) mass is 625 g/mol. The van der Waals surface area contributed by atoms with E-state index < -0.39 is 20.9 Å². The van der Waals surface area contributed by atoms with Crippen LogP contribution in [-0.2, 0) is 11.8 Å². The predicted molar refractivity (Wildman–Crippen MR) is 190 cm³/mol. The first-order chi connectivity index (χ1) is 17.4. The van der Waals surface area contributed by atoms with Gasteiger partial charge in [-0.3, -0.25) is 9.34 Å². The smallest absolute Gasteiger partial charge is 0.254 e. The number of hydrogen-bond donors (Lipinski definition) is 0. The van der Waals surface area contributed by atoms with Crippen molar-refractivity contribution in [2.45, 2.75) is 159 Å². The van der Waals surface area contributed by atoms with Gasteiger partial charge in [-0.1, -0.05) is 18.7 Å². The van der Waals surface area contributed by atoms with Crippen molar-refractivity contribution in [3.63, 3.8) is 0 Å². The molecule has 0 amide bonds. The predicted octanol–water partition coefficient (Wildman–Crippen LogP) is 9.61. The van der Waals surface area contributed by atoms with Crippen LogP contribution >= 0.6 is 20.9 Å². The van der Waals surface area contributed by atoms with Crippen molar-refractivity contribution in [2.24, 2.45) is 10.00 Å². The fraction of sp³-hybridized carbons (Fsp3) is 0.966. The lowest BCUT2D eigenvalue weighted by Gasteiger charge is -2.51. The second-order valence-corrected chi connectivity index (χ2v) is 25.8. The average molecular weight is 626 g/mol. The van der Waals surface area contributed by atoms with E-state index >= 15 is 0 Å². The van der Waals surface area contributed by atoms with Crippen LogP contribution in [0.25, 0.3) is 0 Å². The molecule has 0 rings (SSSR count). The lowest BCUT2D eigenvalue weighted by molar-refractivity contribution is 0.245. The summed E-state index contributed by atoms with van der Waals surface area (Å²) in [4.78, 5) is 5.56. The highest BCUT2D eigenvalue weighted by atomic mass is 32.4. The molecule has 0 heterocycles. The van der Waals surface area contributed by atoms with E-state index in [1.54, 1.807) is 0 Å². The van der Waals surface area contributed by atoms with Crippen LogP contribution in [-0.4, -0.2) is 98.8 Å². The SMILES string of the molecule is CC(C)N(C(C)C)P(=S)(C(/N=N/[P+](C)(N(C(C)C)C(C)C)N(C(C)C)C(C)C)=P(C)(C)C)N(C(C)C)C(C)C. The Labute approximate surface area is 251 Å². The van der Waals surface area contributed by atoms with E-state index in [1.807, 2.05) is 0 Å². The number of hydrogen-bond acceptors (Lipinski definition) is 4. The molecule has 0 atom stereocenters. The van der Waals surface area contributed by atoms with Crippen LogP contribution < -0.4 is 0 Å². The first-order valence-electron chi connectivity index (χ1n) is 15.1. The van der Waals surface area contributed by atoms with Gasteiger partial charge in [-0.15, -0.1) is 14.5 Å². The Morgan fingerprint density at radius 2 is 0.795 bits per heavy atom. The summed E-state index contributed by atoms with van der Waals surface area (Å²) in [6.45, 7) is 44.7. The number of nitrogens with zero attached hydrogens (tertiary/aromatic N) is 6. The Morgan fingerprint density at radius 1 is 0.538 bits per heavy atom. The molecule has 0 aromatic heterocycles. The Morgan fingerprint density at radius 3 is 0.974 bits per heavy atom. The van der Waals surface area contributed by atoms with Gasteiger partial charge in [0, 0.05) is 53.2 Å². The molecule has 0 unspecified atom stereocenters. The Hall–Kier alpha value is 0.820. The molecule has 0 aliphatic carbocycles. The summed E-state index contributed by atoms with van der Waals surface area (Å²) in [5, 5.41) is 6.68. The third-order valence-corrected chi connectivity index (χ3v) is 20.6. The fourth-order valence-corrected chi connectivity index (χ4v) is 22.9. The van der Waals surface area contributed by atoms with Crippen molar-refractivity contribution < 1.29 is 0 Å². The van der Waals surface area contributed by atoms with Crippen LogP contribution in [0.1, 0.15) is 111 Å². The zero-order valence-electron chi connectivity index (χ0n) is 29.6. The zero-order chi connectivity index (χ0) is 31.4. The maximum atomic E-state index is 7.03. The van der Waals surface area contributed by atoms with Crippen LogP contribution in [0, 0.1) is 0 Å². The molecule has 0 radical (unpaired) electrons. The van der Waals surface area contributed by atoms with E-state index in [9.17, 15) is 0 Å². The minimum atomic E-state index is -2.45. The van der Waals surface area contributed by atoms with Crippen molar-refractivity contribution >= 4 is 37.9 Å². The molecule has 6 nitrogen and oxygen atoms in total. The largest absolute Gasteiger partial charge is 0.298 e.